The summed E-state index contributed by atoms with van der Waals surface area (Å²) in [5, 5.41) is 2.90. The molecule has 1 aromatic carbocycles. The summed E-state index contributed by atoms with van der Waals surface area (Å²) in [4.78, 5) is 14.7. The lowest BCUT2D eigenvalue weighted by molar-refractivity contribution is -0.125. The van der Waals surface area contributed by atoms with Gasteiger partial charge < -0.3 is 15.0 Å². The first-order valence-electron chi connectivity index (χ1n) is 9.64. The van der Waals surface area contributed by atoms with Crippen LogP contribution in [-0.2, 0) is 19.6 Å². The first kappa shape index (κ1) is 20.1. The Balaban J connectivity index is 1.55. The molecule has 0 radical (unpaired) electrons. The lowest BCUT2D eigenvalue weighted by Gasteiger charge is -2.33. The average molecular weight is 396 g/mol. The van der Waals surface area contributed by atoms with E-state index in [1.165, 1.54) is 0 Å². The summed E-state index contributed by atoms with van der Waals surface area (Å²) in [5.41, 5.74) is 1.01. The minimum Gasteiger partial charge on any atom is -0.383 e. The highest BCUT2D eigenvalue weighted by atomic mass is 32.2. The monoisotopic (exact) mass is 395 g/mol. The van der Waals surface area contributed by atoms with E-state index in [0.717, 1.165) is 44.5 Å². The molecule has 7 nitrogen and oxygen atoms in total. The maximum atomic E-state index is 12.6. The minimum atomic E-state index is -3.37. The maximum absolute atomic E-state index is 12.6. The van der Waals surface area contributed by atoms with Crippen LogP contribution in [0.2, 0.25) is 0 Å². The van der Waals surface area contributed by atoms with Gasteiger partial charge in [0.2, 0.25) is 15.9 Å². The Hall–Kier alpha value is -1.64. The van der Waals surface area contributed by atoms with Crippen LogP contribution in [0.25, 0.3) is 0 Å². The number of nitrogens with zero attached hydrogens (tertiary/aromatic N) is 2. The largest absolute Gasteiger partial charge is 0.383 e. The molecule has 27 heavy (non-hydrogen) atoms. The molecule has 0 aliphatic carbocycles. The lowest BCUT2D eigenvalue weighted by atomic mass is 9.95. The SMILES string of the molecule is COCCNC(=O)C1CCN(c2ccc(S(=O)(=O)N3CCCC3)cc2)CC1. The van der Waals surface area contributed by atoms with Gasteiger partial charge in [0.05, 0.1) is 11.5 Å². The zero-order chi connectivity index (χ0) is 19.3. The zero-order valence-corrected chi connectivity index (χ0v) is 16.7. The molecule has 3 rings (SSSR count). The van der Waals surface area contributed by atoms with Crippen molar-refractivity contribution in [3.63, 3.8) is 0 Å². The van der Waals surface area contributed by atoms with E-state index in [2.05, 4.69) is 10.2 Å². The summed E-state index contributed by atoms with van der Waals surface area (Å²) < 4.78 is 31.7. The number of benzene rings is 1. The molecule has 0 saturated carbocycles. The van der Waals surface area contributed by atoms with E-state index in [1.807, 2.05) is 12.1 Å². The predicted octanol–water partition coefficient (Wildman–Crippen LogP) is 1.45. The van der Waals surface area contributed by atoms with Gasteiger partial charge >= 0.3 is 0 Å². The molecule has 1 amide bonds. The van der Waals surface area contributed by atoms with Crippen LogP contribution in [-0.4, -0.2) is 65.1 Å². The van der Waals surface area contributed by atoms with Gasteiger partial charge in [0.25, 0.3) is 0 Å². The van der Waals surface area contributed by atoms with Crippen LogP contribution in [0.4, 0.5) is 5.69 Å². The molecule has 2 heterocycles. The second-order valence-electron chi connectivity index (χ2n) is 7.15. The number of hydrogen-bond acceptors (Lipinski definition) is 5. The van der Waals surface area contributed by atoms with Crippen LogP contribution in [0, 0.1) is 5.92 Å². The molecule has 8 heteroatoms. The summed E-state index contributed by atoms with van der Waals surface area (Å²) >= 11 is 0. The third-order valence-electron chi connectivity index (χ3n) is 5.38. The summed E-state index contributed by atoms with van der Waals surface area (Å²) in [6.07, 6.45) is 3.47. The van der Waals surface area contributed by atoms with Crippen molar-refractivity contribution in [1.29, 1.82) is 0 Å². The van der Waals surface area contributed by atoms with Gasteiger partial charge in [0.15, 0.2) is 0 Å². The van der Waals surface area contributed by atoms with E-state index < -0.39 is 10.0 Å². The predicted molar refractivity (Wildman–Crippen MR) is 104 cm³/mol. The van der Waals surface area contributed by atoms with Crippen molar-refractivity contribution in [2.75, 3.05) is 51.3 Å². The second-order valence-corrected chi connectivity index (χ2v) is 9.09. The molecule has 1 aromatic rings. The fourth-order valence-electron chi connectivity index (χ4n) is 3.73. The van der Waals surface area contributed by atoms with Gasteiger partial charge in [-0.05, 0) is 49.9 Å². The molecule has 2 aliphatic heterocycles. The van der Waals surface area contributed by atoms with Crippen molar-refractivity contribution in [3.05, 3.63) is 24.3 Å². The summed E-state index contributed by atoms with van der Waals surface area (Å²) in [6.45, 7) is 3.88. The van der Waals surface area contributed by atoms with Gasteiger partial charge in [-0.3, -0.25) is 4.79 Å². The van der Waals surface area contributed by atoms with Crippen molar-refractivity contribution < 1.29 is 17.9 Å². The van der Waals surface area contributed by atoms with E-state index in [0.29, 0.717) is 31.1 Å². The van der Waals surface area contributed by atoms with Crippen molar-refractivity contribution in [3.8, 4) is 0 Å². The van der Waals surface area contributed by atoms with Crippen molar-refractivity contribution in [1.82, 2.24) is 9.62 Å². The molecule has 0 unspecified atom stereocenters. The van der Waals surface area contributed by atoms with Gasteiger partial charge in [-0.25, -0.2) is 8.42 Å². The fourth-order valence-corrected chi connectivity index (χ4v) is 5.24. The average Bonchev–Trinajstić information content (AvgIpc) is 3.24. The molecule has 2 aliphatic rings. The Morgan fingerprint density at radius 3 is 2.33 bits per heavy atom. The Morgan fingerprint density at radius 2 is 1.74 bits per heavy atom. The number of methoxy groups -OCH3 is 1. The third kappa shape index (κ3) is 4.80. The van der Waals surface area contributed by atoms with Gasteiger partial charge in [0.1, 0.15) is 0 Å². The second kappa shape index (κ2) is 9.03. The zero-order valence-electron chi connectivity index (χ0n) is 15.9. The van der Waals surface area contributed by atoms with Crippen LogP contribution in [0.5, 0.6) is 0 Å². The lowest BCUT2D eigenvalue weighted by Crippen LogP contribution is -2.41. The first-order chi connectivity index (χ1) is 13.0. The topological polar surface area (TPSA) is 79.0 Å². The van der Waals surface area contributed by atoms with Crippen LogP contribution >= 0.6 is 0 Å². The smallest absolute Gasteiger partial charge is 0.243 e. The van der Waals surface area contributed by atoms with Crippen LogP contribution in [0.1, 0.15) is 25.7 Å². The van der Waals surface area contributed by atoms with Crippen LogP contribution < -0.4 is 10.2 Å². The van der Waals surface area contributed by atoms with Crippen molar-refractivity contribution in [2.24, 2.45) is 5.92 Å². The van der Waals surface area contributed by atoms with Crippen LogP contribution in [0.15, 0.2) is 29.2 Å². The molecule has 150 valence electrons. The summed E-state index contributed by atoms with van der Waals surface area (Å²) in [7, 11) is -1.75. The Labute approximate surface area is 161 Å². The van der Waals surface area contributed by atoms with E-state index in [-0.39, 0.29) is 11.8 Å². The Morgan fingerprint density at radius 1 is 1.11 bits per heavy atom. The number of hydrogen-bond donors (Lipinski definition) is 1. The van der Waals surface area contributed by atoms with E-state index in [9.17, 15) is 13.2 Å². The van der Waals surface area contributed by atoms with E-state index >= 15 is 0 Å². The highest BCUT2D eigenvalue weighted by Crippen LogP contribution is 2.26. The van der Waals surface area contributed by atoms with E-state index in [1.54, 1.807) is 23.5 Å². The molecule has 1 N–H and O–H groups in total. The Bertz CT molecular complexity index is 722. The van der Waals surface area contributed by atoms with Crippen LogP contribution in [0.3, 0.4) is 0 Å². The fraction of sp³-hybridized carbons (Fsp3) is 0.632. The van der Waals surface area contributed by atoms with E-state index in [4.69, 9.17) is 4.74 Å². The minimum absolute atomic E-state index is 0.0351. The first-order valence-corrected chi connectivity index (χ1v) is 11.1. The molecule has 0 bridgehead atoms. The molecule has 0 atom stereocenters. The number of nitrogens with one attached hydrogen (secondary N) is 1. The van der Waals surface area contributed by atoms with Gasteiger partial charge in [-0.15, -0.1) is 0 Å². The normalized spacial score (nSPS) is 19.4. The summed E-state index contributed by atoms with van der Waals surface area (Å²) in [5.74, 6) is 0.131. The number of amides is 1. The number of ether oxygens (including phenoxy) is 1. The highest BCUT2D eigenvalue weighted by molar-refractivity contribution is 7.89. The third-order valence-corrected chi connectivity index (χ3v) is 7.29. The van der Waals surface area contributed by atoms with Crippen molar-refractivity contribution >= 4 is 21.6 Å². The molecular formula is C19H29N3O4S. The number of rotatable bonds is 7. The number of anilines is 1. The maximum Gasteiger partial charge on any atom is 0.243 e. The molecular weight excluding hydrogens is 366 g/mol. The van der Waals surface area contributed by atoms with Gasteiger partial charge in [0, 0.05) is 51.4 Å². The van der Waals surface area contributed by atoms with Gasteiger partial charge in [-0.2, -0.15) is 4.31 Å². The van der Waals surface area contributed by atoms with Gasteiger partial charge in [-0.1, -0.05) is 0 Å². The standard InChI is InChI=1S/C19H29N3O4S/c1-26-15-10-20-19(23)16-8-13-21(14-9-16)17-4-6-18(7-5-17)27(24,25)22-11-2-3-12-22/h4-7,16H,2-3,8-15H2,1H3,(H,20,23). The molecule has 0 aromatic heterocycles. The molecule has 2 fully saturated rings. The molecule has 2 saturated heterocycles. The summed E-state index contributed by atoms with van der Waals surface area (Å²) in [6, 6.07) is 7.16. The number of carbonyl (C=O) groups is 1. The quantitative estimate of drug-likeness (QED) is 0.707. The molecule has 0 spiro atoms. The number of piperidine rings is 1. The number of carbonyl (C=O) groups excluding carboxylic acids is 1. The van der Waals surface area contributed by atoms with Crippen molar-refractivity contribution in [2.45, 2.75) is 30.6 Å². The number of sulfonamides is 1. The Kier molecular flexibility index (Phi) is 6.73. The highest BCUT2D eigenvalue weighted by Gasteiger charge is 2.28.